The number of carbonyl (C=O) groups excluding carboxylic acids is 1. The lowest BCUT2D eigenvalue weighted by atomic mass is 10.3. The summed E-state index contributed by atoms with van der Waals surface area (Å²) in [5.74, 6) is 0.0698. The van der Waals surface area contributed by atoms with E-state index in [9.17, 15) is 9.59 Å². The first kappa shape index (κ1) is 12.8. The van der Waals surface area contributed by atoms with Crippen molar-refractivity contribution in [2.24, 2.45) is 0 Å². The molecule has 0 saturated carbocycles. The number of nitrogens with zero attached hydrogens (tertiary/aromatic N) is 4. The molecule has 2 aromatic heterocycles. The number of carbonyl (C=O) groups is 1. The van der Waals surface area contributed by atoms with Crippen LogP contribution in [0.4, 0.5) is 5.95 Å². The third kappa shape index (κ3) is 2.60. The molecule has 0 radical (unpaired) electrons. The summed E-state index contributed by atoms with van der Waals surface area (Å²) in [4.78, 5) is 30.0. The highest BCUT2D eigenvalue weighted by Gasteiger charge is 2.07. The molecule has 2 rings (SSSR count). The average Bonchev–Trinajstić information content (AvgIpc) is 2.72. The van der Waals surface area contributed by atoms with E-state index in [0.29, 0.717) is 25.2 Å². The van der Waals surface area contributed by atoms with E-state index in [1.807, 2.05) is 0 Å². The topological polar surface area (TPSA) is 105 Å². The molecule has 0 unspecified atom stereocenters. The highest BCUT2D eigenvalue weighted by Crippen LogP contribution is 2.05. The Morgan fingerprint density at radius 2 is 2.22 bits per heavy atom. The van der Waals surface area contributed by atoms with Crippen molar-refractivity contribution in [1.82, 2.24) is 18.9 Å². The average molecular weight is 363 g/mol. The molecule has 0 aromatic carbocycles. The summed E-state index contributed by atoms with van der Waals surface area (Å²) < 4.78 is 7.55. The molecule has 2 heterocycles. The SMILES string of the molecule is Nc1nc(=O)n2ccn(CCCC(=O)OI)c2n1. The number of hydrogen-bond donors (Lipinski definition) is 1. The van der Waals surface area contributed by atoms with Crippen molar-refractivity contribution < 1.29 is 7.86 Å². The highest BCUT2D eigenvalue weighted by atomic mass is 127. The van der Waals surface area contributed by atoms with Crippen molar-refractivity contribution in [3.63, 3.8) is 0 Å². The number of rotatable bonds is 4. The Bertz CT molecular complexity index is 635. The zero-order chi connectivity index (χ0) is 13.1. The molecule has 0 aliphatic heterocycles. The van der Waals surface area contributed by atoms with Gasteiger partial charge >= 0.3 is 11.7 Å². The summed E-state index contributed by atoms with van der Waals surface area (Å²) >= 11 is 1.55. The number of imidazole rings is 1. The minimum absolute atomic E-state index is 0.0633. The second-order valence-corrected chi connectivity index (χ2v) is 4.02. The van der Waals surface area contributed by atoms with Gasteiger partial charge in [-0.1, -0.05) is 0 Å². The van der Waals surface area contributed by atoms with E-state index in [-0.39, 0.29) is 11.9 Å². The summed E-state index contributed by atoms with van der Waals surface area (Å²) in [6.07, 6.45) is 4.15. The molecule has 2 aromatic rings. The second kappa shape index (κ2) is 5.33. The molecule has 0 bridgehead atoms. The predicted octanol–water partition coefficient (Wildman–Crippen LogP) is 0.147. The first-order valence-electron chi connectivity index (χ1n) is 5.14. The molecule has 18 heavy (non-hydrogen) atoms. The maximum absolute atomic E-state index is 11.5. The molecule has 9 heteroatoms. The number of fused-ring (bicyclic) bond motifs is 1. The molecule has 0 amide bonds. The lowest BCUT2D eigenvalue weighted by molar-refractivity contribution is -0.131. The fourth-order valence-corrected chi connectivity index (χ4v) is 1.79. The molecular formula is C9H10IN5O3. The number of aromatic nitrogens is 4. The van der Waals surface area contributed by atoms with Crippen LogP contribution in [0.25, 0.3) is 5.78 Å². The molecule has 0 saturated heterocycles. The van der Waals surface area contributed by atoms with E-state index in [2.05, 4.69) is 13.0 Å². The number of aryl methyl sites for hydroxylation is 1. The minimum Gasteiger partial charge on any atom is -0.394 e. The monoisotopic (exact) mass is 363 g/mol. The highest BCUT2D eigenvalue weighted by molar-refractivity contribution is 14.1. The normalized spacial score (nSPS) is 10.7. The van der Waals surface area contributed by atoms with Gasteiger partial charge in [-0.2, -0.15) is 9.97 Å². The molecule has 0 spiro atoms. The van der Waals surface area contributed by atoms with Gasteiger partial charge in [-0.15, -0.1) is 0 Å². The molecule has 0 atom stereocenters. The first-order chi connectivity index (χ1) is 8.61. The maximum Gasteiger partial charge on any atom is 0.357 e. The molecule has 8 nitrogen and oxygen atoms in total. The molecular weight excluding hydrogens is 353 g/mol. The predicted molar refractivity (Wildman–Crippen MR) is 71.0 cm³/mol. The van der Waals surface area contributed by atoms with Gasteiger partial charge in [-0.25, -0.2) is 9.20 Å². The number of nitrogens with two attached hydrogens (primary N) is 1. The van der Waals surface area contributed by atoms with Crippen LogP contribution < -0.4 is 11.4 Å². The Kier molecular flexibility index (Phi) is 3.79. The number of anilines is 1. The Hall–Kier alpha value is -1.65. The molecule has 2 N–H and O–H groups in total. The lowest BCUT2D eigenvalue weighted by Gasteiger charge is -2.03. The van der Waals surface area contributed by atoms with Crippen LogP contribution in [-0.4, -0.2) is 24.9 Å². The number of halogens is 1. The van der Waals surface area contributed by atoms with Crippen molar-refractivity contribution in [2.75, 3.05) is 5.73 Å². The Morgan fingerprint density at radius 1 is 1.44 bits per heavy atom. The van der Waals surface area contributed by atoms with E-state index in [1.165, 1.54) is 4.40 Å². The van der Waals surface area contributed by atoms with Crippen LogP contribution in [0.2, 0.25) is 0 Å². The van der Waals surface area contributed by atoms with Crippen LogP contribution in [0.5, 0.6) is 0 Å². The zero-order valence-corrected chi connectivity index (χ0v) is 11.4. The molecule has 96 valence electrons. The molecule has 0 aliphatic rings. The van der Waals surface area contributed by atoms with Crippen LogP contribution in [-0.2, 0) is 14.4 Å². The van der Waals surface area contributed by atoms with Gasteiger partial charge in [0, 0.05) is 25.4 Å². The van der Waals surface area contributed by atoms with Crippen LogP contribution >= 0.6 is 23.0 Å². The fourth-order valence-electron chi connectivity index (χ4n) is 1.57. The smallest absolute Gasteiger partial charge is 0.357 e. The standard InChI is InChI=1S/C9H10IN5O3/c10-18-6(16)2-1-3-14-4-5-15-8(14)12-7(11)13-9(15)17/h4-5H,1-3H2,(H2,11,13,17). The summed E-state index contributed by atoms with van der Waals surface area (Å²) in [6.45, 7) is 0.540. The van der Waals surface area contributed by atoms with Gasteiger partial charge < -0.3 is 13.4 Å². The first-order valence-corrected chi connectivity index (χ1v) is 6.02. The maximum atomic E-state index is 11.5. The quantitative estimate of drug-likeness (QED) is 0.776. The largest absolute Gasteiger partial charge is 0.394 e. The van der Waals surface area contributed by atoms with Gasteiger partial charge in [0.25, 0.3) is 0 Å². The Labute approximate surface area is 115 Å². The summed E-state index contributed by atoms with van der Waals surface area (Å²) in [5.41, 5.74) is 4.96. The zero-order valence-electron chi connectivity index (χ0n) is 9.24. The third-order valence-electron chi connectivity index (χ3n) is 2.36. The number of hydrogen-bond acceptors (Lipinski definition) is 6. The van der Waals surface area contributed by atoms with Gasteiger partial charge in [-0.3, -0.25) is 4.79 Å². The third-order valence-corrected chi connectivity index (χ3v) is 2.86. The summed E-state index contributed by atoms with van der Waals surface area (Å²) in [7, 11) is 0. The van der Waals surface area contributed by atoms with E-state index >= 15 is 0 Å². The lowest BCUT2D eigenvalue weighted by Crippen LogP contribution is -2.19. The van der Waals surface area contributed by atoms with Gasteiger partial charge in [-0.05, 0) is 6.42 Å². The second-order valence-electron chi connectivity index (χ2n) is 3.58. The van der Waals surface area contributed by atoms with Crippen LogP contribution in [0, 0.1) is 0 Å². The summed E-state index contributed by atoms with van der Waals surface area (Å²) in [5, 5.41) is 0. The van der Waals surface area contributed by atoms with Crippen molar-refractivity contribution in [1.29, 1.82) is 0 Å². The van der Waals surface area contributed by atoms with Crippen LogP contribution in [0.3, 0.4) is 0 Å². The minimum atomic E-state index is -0.470. The van der Waals surface area contributed by atoms with Gasteiger partial charge in [0.2, 0.25) is 11.7 Å². The molecule has 0 fully saturated rings. The summed E-state index contributed by atoms with van der Waals surface area (Å²) in [6, 6.07) is 0. The van der Waals surface area contributed by atoms with E-state index in [0.717, 1.165) is 0 Å². The van der Waals surface area contributed by atoms with Crippen LogP contribution in [0.15, 0.2) is 17.2 Å². The number of nitrogen functional groups attached to an aromatic ring is 1. The van der Waals surface area contributed by atoms with Crippen LogP contribution in [0.1, 0.15) is 12.8 Å². The fraction of sp³-hybridized carbons (Fsp3) is 0.333. The van der Waals surface area contributed by atoms with Crippen molar-refractivity contribution in [2.45, 2.75) is 19.4 Å². The van der Waals surface area contributed by atoms with Crippen molar-refractivity contribution in [3.05, 3.63) is 22.9 Å². The van der Waals surface area contributed by atoms with Gasteiger partial charge in [0.1, 0.15) is 0 Å². The van der Waals surface area contributed by atoms with Gasteiger partial charge in [0.15, 0.2) is 23.0 Å². The van der Waals surface area contributed by atoms with Crippen molar-refractivity contribution >= 4 is 40.7 Å². The van der Waals surface area contributed by atoms with Crippen molar-refractivity contribution in [3.8, 4) is 0 Å². The Morgan fingerprint density at radius 3 is 2.94 bits per heavy atom. The molecule has 0 aliphatic carbocycles. The van der Waals surface area contributed by atoms with E-state index in [1.54, 1.807) is 40.0 Å². The van der Waals surface area contributed by atoms with E-state index in [4.69, 9.17) is 5.73 Å². The van der Waals surface area contributed by atoms with E-state index < -0.39 is 5.69 Å². The Balaban J connectivity index is 2.19. The van der Waals surface area contributed by atoms with Gasteiger partial charge in [0.05, 0.1) is 0 Å².